The molecule has 4 aromatic heterocycles. The van der Waals surface area contributed by atoms with Crippen molar-refractivity contribution in [2.45, 2.75) is 0 Å². The van der Waals surface area contributed by atoms with Gasteiger partial charge in [-0.2, -0.15) is 0 Å². The van der Waals surface area contributed by atoms with Crippen LogP contribution in [0.5, 0.6) is 46.3 Å². The van der Waals surface area contributed by atoms with E-state index in [4.69, 9.17) is 20.3 Å². The van der Waals surface area contributed by atoms with Crippen molar-refractivity contribution in [3.63, 3.8) is 0 Å². The van der Waals surface area contributed by atoms with Crippen LogP contribution in [-0.2, 0) is 0 Å². The molecular weight excluding hydrogens is 590 g/mol. The zero-order valence-corrected chi connectivity index (χ0v) is 24.7. The molecule has 0 saturated heterocycles. The molecule has 0 N–H and O–H groups in total. The van der Waals surface area contributed by atoms with Gasteiger partial charge in [0.25, 0.3) is 0 Å². The Morgan fingerprint density at radius 3 is 1.40 bits per heavy atom. The van der Waals surface area contributed by atoms with E-state index in [0.717, 1.165) is 21.8 Å². The molecule has 0 radical (unpaired) electrons. The number of nitrogens with zero attached hydrogens (tertiary/aromatic N) is 5. The predicted octanol–water partition coefficient (Wildman–Crippen LogP) is 9.53. The predicted molar refractivity (Wildman–Crippen MR) is 178 cm³/mol. The number of aromatic nitrogens is 5. The van der Waals surface area contributed by atoms with Crippen molar-refractivity contribution in [2.75, 3.05) is 0 Å². The molecule has 0 aliphatic carbocycles. The molecule has 0 saturated carbocycles. The molecule has 0 bridgehead atoms. The van der Waals surface area contributed by atoms with E-state index in [-0.39, 0.29) is 6.17 Å². The van der Waals surface area contributed by atoms with Gasteiger partial charge in [0, 0.05) is 71.9 Å². The third-order valence-electron chi connectivity index (χ3n) is 7.22. The van der Waals surface area contributed by atoms with Crippen LogP contribution in [-0.4, -0.2) is 24.5 Å². The number of rotatable bonds is 9. The van der Waals surface area contributed by atoms with Crippen LogP contribution >= 0.6 is 0 Å². The molecule has 0 fully saturated rings. The molecule has 4 heterocycles. The summed E-state index contributed by atoms with van der Waals surface area (Å²) in [5.74, 6) is 4.94. The van der Waals surface area contributed by atoms with E-state index in [1.807, 2.05) is 102 Å². The first-order valence-corrected chi connectivity index (χ1v) is 14.8. The summed E-state index contributed by atoms with van der Waals surface area (Å²) in [7, 11) is 0. The van der Waals surface area contributed by atoms with Crippen molar-refractivity contribution in [2.24, 2.45) is 0 Å². The maximum Gasteiger partial charge on any atom is 0.234 e. The minimum Gasteiger partial charge on any atom is -0.457 e. The number of hydrogen-bond donors (Lipinski definition) is 0. The van der Waals surface area contributed by atoms with Gasteiger partial charge >= 0.3 is 0 Å². The zero-order valence-electron chi connectivity index (χ0n) is 25.7. The number of pyridine rings is 2. The lowest BCUT2D eigenvalue weighted by Gasteiger charge is -2.10. The Hall–Kier alpha value is -6.74. The highest BCUT2D eigenvalue weighted by molar-refractivity contribution is 6.09. The Labute approximate surface area is 270 Å². The fraction of sp³-hybridized carbons (Fsp3) is 0. The highest BCUT2D eigenvalue weighted by Gasteiger charge is 2.16. The Bertz CT molecular complexity index is 2240. The largest absolute Gasteiger partial charge is 0.457 e. The van der Waals surface area contributed by atoms with Crippen LogP contribution in [0.15, 0.2) is 152 Å². The van der Waals surface area contributed by atoms with Crippen LogP contribution in [0, 0.1) is 0 Å². The molecule has 8 aromatic rings. The second-order valence-corrected chi connectivity index (χ2v) is 10.4. The van der Waals surface area contributed by atoms with E-state index in [1.54, 1.807) is 48.9 Å². The SMILES string of the molecule is [2H]c1ccnc(-n2c3cc(Oc4cccc(Oc5ccccn5)c4)ccc3c3ccc(Oc4cccc(Oc5ccccn5)c4)cc32)n1. The van der Waals surface area contributed by atoms with Crippen LogP contribution in [0.3, 0.4) is 0 Å². The Kier molecular flexibility index (Phi) is 6.99. The first kappa shape index (κ1) is 26.6. The minimum atomic E-state index is 0.101. The molecular formula is C38H25N5O4. The van der Waals surface area contributed by atoms with Gasteiger partial charge in [-0.05, 0) is 66.7 Å². The summed E-state index contributed by atoms with van der Waals surface area (Å²) in [6, 6.07) is 39.0. The summed E-state index contributed by atoms with van der Waals surface area (Å²) in [6.07, 6.45) is 5.03. The standard InChI is InChI=1S/C38H25N5O4/c1-3-18-39-36(12-1)46-28-10-5-8-26(22-28)44-30-14-16-32-33-17-15-31(25-35(33)43(34(32)24-30)38-41-20-7-21-42-38)45-27-9-6-11-29(23-27)47-37-13-2-4-19-40-37/h1-25H/i20D. The highest BCUT2D eigenvalue weighted by atomic mass is 16.5. The van der Waals surface area contributed by atoms with Crippen LogP contribution in [0.4, 0.5) is 0 Å². The van der Waals surface area contributed by atoms with E-state index < -0.39 is 0 Å². The van der Waals surface area contributed by atoms with Crippen molar-refractivity contribution in [1.29, 1.82) is 0 Å². The fourth-order valence-electron chi connectivity index (χ4n) is 5.22. The van der Waals surface area contributed by atoms with Gasteiger partial charge in [-0.1, -0.05) is 24.3 Å². The lowest BCUT2D eigenvalue weighted by molar-refractivity contribution is 0.448. The monoisotopic (exact) mass is 616 g/mol. The molecule has 0 amide bonds. The van der Waals surface area contributed by atoms with E-state index >= 15 is 0 Å². The molecule has 0 aliphatic heterocycles. The van der Waals surface area contributed by atoms with E-state index in [2.05, 4.69) is 19.9 Å². The molecule has 9 nitrogen and oxygen atoms in total. The Morgan fingerprint density at radius 2 is 0.915 bits per heavy atom. The minimum absolute atomic E-state index is 0.101. The molecule has 0 atom stereocenters. The lowest BCUT2D eigenvalue weighted by Crippen LogP contribution is -2.00. The Morgan fingerprint density at radius 1 is 0.426 bits per heavy atom. The maximum atomic E-state index is 8.19. The second kappa shape index (κ2) is 12.3. The number of ether oxygens (including phenoxy) is 4. The van der Waals surface area contributed by atoms with Crippen molar-refractivity contribution < 1.29 is 20.3 Å². The second-order valence-electron chi connectivity index (χ2n) is 10.4. The van der Waals surface area contributed by atoms with E-state index in [9.17, 15) is 0 Å². The van der Waals surface area contributed by atoms with Gasteiger partial charge in [0.2, 0.25) is 17.7 Å². The number of fused-ring (bicyclic) bond motifs is 3. The molecule has 8 rings (SSSR count). The van der Waals surface area contributed by atoms with Crippen LogP contribution in [0.1, 0.15) is 1.37 Å². The Balaban J connectivity index is 1.15. The van der Waals surface area contributed by atoms with Gasteiger partial charge in [0.15, 0.2) is 0 Å². The van der Waals surface area contributed by atoms with E-state index in [1.165, 1.54) is 0 Å². The molecule has 0 aliphatic rings. The summed E-state index contributed by atoms with van der Waals surface area (Å²) >= 11 is 0. The quantitative estimate of drug-likeness (QED) is 0.158. The first-order chi connectivity index (χ1) is 23.6. The molecule has 0 spiro atoms. The lowest BCUT2D eigenvalue weighted by atomic mass is 10.1. The van der Waals surface area contributed by atoms with Crippen LogP contribution in [0.25, 0.3) is 27.8 Å². The van der Waals surface area contributed by atoms with Gasteiger partial charge in [0.1, 0.15) is 34.5 Å². The molecule has 9 heteroatoms. The molecule has 4 aromatic carbocycles. The summed E-state index contributed by atoms with van der Waals surface area (Å²) in [6.45, 7) is 0. The molecule has 47 heavy (non-hydrogen) atoms. The van der Waals surface area contributed by atoms with Crippen molar-refractivity contribution in [3.05, 3.63) is 152 Å². The third-order valence-corrected chi connectivity index (χ3v) is 7.22. The van der Waals surface area contributed by atoms with Crippen molar-refractivity contribution in [3.8, 4) is 52.2 Å². The zero-order chi connectivity index (χ0) is 32.3. The van der Waals surface area contributed by atoms with Gasteiger partial charge in [-0.25, -0.2) is 19.9 Å². The topological polar surface area (TPSA) is 93.4 Å². The van der Waals surface area contributed by atoms with Crippen molar-refractivity contribution >= 4 is 21.8 Å². The highest BCUT2D eigenvalue weighted by Crippen LogP contribution is 2.38. The summed E-state index contributed by atoms with van der Waals surface area (Å²) in [4.78, 5) is 17.4. The van der Waals surface area contributed by atoms with Gasteiger partial charge in [-0.3, -0.25) is 4.57 Å². The maximum absolute atomic E-state index is 8.19. The summed E-state index contributed by atoms with van der Waals surface area (Å²) in [5, 5.41) is 1.92. The first-order valence-electron chi connectivity index (χ1n) is 15.3. The average Bonchev–Trinajstić information content (AvgIpc) is 3.42. The van der Waals surface area contributed by atoms with E-state index in [0.29, 0.717) is 52.2 Å². The van der Waals surface area contributed by atoms with Crippen LogP contribution < -0.4 is 18.9 Å². The normalized spacial score (nSPS) is 11.3. The molecule has 0 unspecified atom stereocenters. The van der Waals surface area contributed by atoms with Gasteiger partial charge in [0.05, 0.1) is 12.4 Å². The van der Waals surface area contributed by atoms with Crippen molar-refractivity contribution in [1.82, 2.24) is 24.5 Å². The van der Waals surface area contributed by atoms with Gasteiger partial charge in [-0.15, -0.1) is 0 Å². The van der Waals surface area contributed by atoms with Gasteiger partial charge < -0.3 is 18.9 Å². The van der Waals surface area contributed by atoms with Crippen LogP contribution in [0.2, 0.25) is 0 Å². The summed E-state index contributed by atoms with van der Waals surface area (Å²) in [5.41, 5.74) is 1.61. The number of hydrogen-bond acceptors (Lipinski definition) is 8. The smallest absolute Gasteiger partial charge is 0.234 e. The average molecular weight is 617 g/mol. The fourth-order valence-corrected chi connectivity index (χ4v) is 5.22. The number of benzene rings is 4. The third kappa shape index (κ3) is 6.01. The summed E-state index contributed by atoms with van der Waals surface area (Å²) < 4.78 is 34.5. The molecule has 226 valence electrons.